The van der Waals surface area contributed by atoms with Gasteiger partial charge in [0, 0.05) is 19.4 Å². The van der Waals surface area contributed by atoms with Crippen LogP contribution in [0, 0.1) is 0 Å². The molecule has 3 N–H and O–H groups in total. The molecular weight excluding hydrogens is 689 g/mol. The SMILES string of the molecule is CCCCC/C=C\C/C=C\C/C=C\C/C=C\CCCC(=O)O[C@H](COC(=O)CCCCCCCCCCCCCCCCC)COP(=O)(O)NCCO. The molecule has 0 aliphatic heterocycles. The zero-order chi connectivity index (χ0) is 38.9. The molecule has 0 amide bonds. The summed E-state index contributed by atoms with van der Waals surface area (Å²) >= 11 is 0. The van der Waals surface area contributed by atoms with Crippen LogP contribution in [0.15, 0.2) is 48.6 Å². The first-order valence-electron chi connectivity index (χ1n) is 21.1. The predicted molar refractivity (Wildman–Crippen MR) is 220 cm³/mol. The number of aliphatic hydroxyl groups is 1. The summed E-state index contributed by atoms with van der Waals surface area (Å²) < 4.78 is 28.0. The summed E-state index contributed by atoms with van der Waals surface area (Å²) in [5.41, 5.74) is 0. The maximum atomic E-state index is 12.5. The Labute approximate surface area is 324 Å². The number of carbonyl (C=O) groups is 2. The number of hydrogen-bond donors (Lipinski definition) is 3. The lowest BCUT2D eigenvalue weighted by atomic mass is 10.0. The highest BCUT2D eigenvalue weighted by Crippen LogP contribution is 2.36. The summed E-state index contributed by atoms with van der Waals surface area (Å²) in [5.74, 6) is -0.893. The molecule has 0 saturated heterocycles. The number of carbonyl (C=O) groups excluding carboxylic acids is 2. The Morgan fingerprint density at radius 2 is 1.02 bits per heavy atom. The summed E-state index contributed by atoms with van der Waals surface area (Å²) in [4.78, 5) is 34.8. The van der Waals surface area contributed by atoms with Crippen molar-refractivity contribution in [2.24, 2.45) is 0 Å². The molecule has 0 heterocycles. The summed E-state index contributed by atoms with van der Waals surface area (Å²) in [6.07, 6.45) is 44.3. The molecule has 9 nitrogen and oxygen atoms in total. The maximum absolute atomic E-state index is 12.5. The van der Waals surface area contributed by atoms with Crippen LogP contribution in [-0.2, 0) is 28.2 Å². The largest absolute Gasteiger partial charge is 0.462 e. The quantitative estimate of drug-likeness (QED) is 0.0242. The first-order chi connectivity index (χ1) is 25.8. The Morgan fingerprint density at radius 3 is 1.53 bits per heavy atom. The number of aliphatic hydroxyl groups excluding tert-OH is 1. The molecule has 0 bridgehead atoms. The number of rotatable bonds is 39. The third kappa shape index (κ3) is 39.5. The van der Waals surface area contributed by atoms with Crippen LogP contribution in [0.25, 0.3) is 0 Å². The summed E-state index contributed by atoms with van der Waals surface area (Å²) in [7, 11) is -4.22. The second-order valence-corrected chi connectivity index (χ2v) is 15.5. The van der Waals surface area contributed by atoms with Gasteiger partial charge in [-0.3, -0.25) is 14.1 Å². The van der Waals surface area contributed by atoms with Gasteiger partial charge in [0.1, 0.15) is 6.61 Å². The van der Waals surface area contributed by atoms with Crippen molar-refractivity contribution in [3.05, 3.63) is 48.6 Å². The Balaban J connectivity index is 4.26. The molecular formula is C43H78NO8P. The normalized spacial score (nSPS) is 13.8. The Hall–Kier alpha value is -2.03. The Kier molecular flexibility index (Phi) is 38.1. The van der Waals surface area contributed by atoms with Crippen LogP contribution in [0.2, 0.25) is 0 Å². The molecule has 0 rings (SSSR count). The van der Waals surface area contributed by atoms with E-state index in [-0.39, 0.29) is 32.6 Å². The van der Waals surface area contributed by atoms with Crippen LogP contribution in [0.4, 0.5) is 0 Å². The van der Waals surface area contributed by atoms with E-state index in [4.69, 9.17) is 19.1 Å². The highest BCUT2D eigenvalue weighted by molar-refractivity contribution is 7.50. The number of allylic oxidation sites excluding steroid dienone is 8. The monoisotopic (exact) mass is 768 g/mol. The minimum Gasteiger partial charge on any atom is -0.462 e. The fourth-order valence-electron chi connectivity index (χ4n) is 5.61. The van der Waals surface area contributed by atoms with E-state index in [1.54, 1.807) is 0 Å². The standard InChI is InChI=1S/C43H78NO8P/c1-3-5-7-9-11-13-15-17-19-20-22-24-26-28-30-32-34-36-43(47)52-41(40-51-53(48,49)44-37-38-45)39-50-42(46)35-33-31-29-27-25-23-21-18-16-14-12-10-8-6-4-2/h11,13,17,19,22,24,28,30,41,45H,3-10,12,14-16,18,20-21,23,25-27,29,31-40H2,1-2H3,(H2,44,48,49)/b13-11-,19-17-,24-22-,30-28-/t41-/m1/s1. The van der Waals surface area contributed by atoms with Gasteiger partial charge < -0.3 is 19.5 Å². The van der Waals surface area contributed by atoms with Crippen molar-refractivity contribution >= 4 is 19.7 Å². The fourth-order valence-corrected chi connectivity index (χ4v) is 6.45. The molecule has 0 aliphatic carbocycles. The molecule has 0 radical (unpaired) electrons. The van der Waals surface area contributed by atoms with Gasteiger partial charge in [-0.15, -0.1) is 0 Å². The molecule has 53 heavy (non-hydrogen) atoms. The second kappa shape index (κ2) is 39.7. The van der Waals surface area contributed by atoms with E-state index < -0.39 is 32.4 Å². The molecule has 0 aromatic rings. The van der Waals surface area contributed by atoms with E-state index in [1.807, 2.05) is 6.08 Å². The molecule has 0 aromatic heterocycles. The highest BCUT2D eigenvalue weighted by atomic mass is 31.2. The van der Waals surface area contributed by atoms with E-state index >= 15 is 0 Å². The van der Waals surface area contributed by atoms with E-state index in [0.717, 1.165) is 38.5 Å². The van der Waals surface area contributed by atoms with E-state index in [0.29, 0.717) is 12.8 Å². The van der Waals surface area contributed by atoms with Gasteiger partial charge in [-0.1, -0.05) is 165 Å². The lowest BCUT2D eigenvalue weighted by Gasteiger charge is -2.20. The van der Waals surface area contributed by atoms with Gasteiger partial charge in [0.05, 0.1) is 13.2 Å². The molecule has 1 unspecified atom stereocenters. The zero-order valence-corrected chi connectivity index (χ0v) is 34.6. The van der Waals surface area contributed by atoms with Crippen molar-refractivity contribution in [1.29, 1.82) is 0 Å². The van der Waals surface area contributed by atoms with Gasteiger partial charge in [-0.2, -0.15) is 0 Å². The first-order valence-corrected chi connectivity index (χ1v) is 22.7. The fraction of sp³-hybridized carbons (Fsp3) is 0.767. The van der Waals surface area contributed by atoms with Crippen molar-refractivity contribution in [3.63, 3.8) is 0 Å². The van der Waals surface area contributed by atoms with E-state index in [1.165, 1.54) is 103 Å². The Bertz CT molecular complexity index is 1010. The van der Waals surface area contributed by atoms with Gasteiger partial charge >= 0.3 is 19.7 Å². The minimum atomic E-state index is -4.22. The second-order valence-electron chi connectivity index (χ2n) is 13.9. The van der Waals surface area contributed by atoms with Crippen molar-refractivity contribution in [2.75, 3.05) is 26.4 Å². The highest BCUT2D eigenvalue weighted by Gasteiger charge is 2.24. The predicted octanol–water partition coefficient (Wildman–Crippen LogP) is 11.5. The molecule has 0 aromatic carbocycles. The topological polar surface area (TPSA) is 131 Å². The number of hydrogen-bond acceptors (Lipinski definition) is 7. The molecule has 308 valence electrons. The van der Waals surface area contributed by atoms with E-state index in [2.05, 4.69) is 61.5 Å². The van der Waals surface area contributed by atoms with Crippen LogP contribution in [-0.4, -0.2) is 54.4 Å². The lowest BCUT2D eigenvalue weighted by molar-refractivity contribution is -0.161. The zero-order valence-electron chi connectivity index (χ0n) is 33.7. The summed E-state index contributed by atoms with van der Waals surface area (Å²) in [6, 6.07) is 0. The average Bonchev–Trinajstić information content (AvgIpc) is 3.14. The van der Waals surface area contributed by atoms with Crippen LogP contribution in [0.3, 0.4) is 0 Å². The van der Waals surface area contributed by atoms with Crippen LogP contribution in [0.1, 0.15) is 181 Å². The molecule has 2 atom stereocenters. The Morgan fingerprint density at radius 1 is 0.585 bits per heavy atom. The number of esters is 2. The number of ether oxygens (including phenoxy) is 2. The summed E-state index contributed by atoms with van der Waals surface area (Å²) in [6.45, 7) is 3.30. The van der Waals surface area contributed by atoms with E-state index in [9.17, 15) is 19.0 Å². The molecule has 0 spiro atoms. The molecule has 0 fully saturated rings. The average molecular weight is 768 g/mol. The van der Waals surface area contributed by atoms with Crippen molar-refractivity contribution in [3.8, 4) is 0 Å². The molecule has 0 saturated carbocycles. The van der Waals surface area contributed by atoms with Gasteiger partial charge in [-0.25, -0.2) is 9.65 Å². The maximum Gasteiger partial charge on any atom is 0.403 e. The third-order valence-electron chi connectivity index (χ3n) is 8.78. The van der Waals surface area contributed by atoms with Crippen molar-refractivity contribution in [2.45, 2.75) is 187 Å². The van der Waals surface area contributed by atoms with Gasteiger partial charge in [0.15, 0.2) is 6.10 Å². The smallest absolute Gasteiger partial charge is 0.403 e. The van der Waals surface area contributed by atoms with Gasteiger partial charge in [0.25, 0.3) is 0 Å². The lowest BCUT2D eigenvalue weighted by Crippen LogP contribution is -2.30. The number of unbranched alkanes of at least 4 members (excludes halogenated alkanes) is 18. The van der Waals surface area contributed by atoms with Gasteiger partial charge in [-0.05, 0) is 51.4 Å². The van der Waals surface area contributed by atoms with Crippen LogP contribution in [0.5, 0.6) is 0 Å². The van der Waals surface area contributed by atoms with Crippen LogP contribution >= 0.6 is 7.75 Å². The van der Waals surface area contributed by atoms with Crippen molar-refractivity contribution < 1.29 is 38.2 Å². The molecule has 0 aliphatic rings. The van der Waals surface area contributed by atoms with Crippen LogP contribution < -0.4 is 5.09 Å². The number of nitrogens with one attached hydrogen (secondary N) is 1. The first kappa shape index (κ1) is 51.0. The third-order valence-corrected chi connectivity index (χ3v) is 9.90. The van der Waals surface area contributed by atoms with Gasteiger partial charge in [0.2, 0.25) is 0 Å². The summed E-state index contributed by atoms with van der Waals surface area (Å²) in [5, 5.41) is 11.1. The molecule has 10 heteroatoms. The van der Waals surface area contributed by atoms with Crippen molar-refractivity contribution in [1.82, 2.24) is 5.09 Å². The minimum absolute atomic E-state index is 0.135.